The standard InChI is InChI=1S/C11H20O10/c12-1-4-9(6(15)7(16)10(18)20-4)21-11-8(17)5(14)3(13)2-19-11/h3-18H,1-2H2/t3-,4-,5+,6-,7-,8-,9-,10-,11+/m1/s1. The number of aliphatic hydroxyl groups excluding tert-OH is 7. The normalized spacial score (nSPS) is 51.9. The first-order valence-corrected chi connectivity index (χ1v) is 6.48. The number of hydrogen-bond acceptors (Lipinski definition) is 10. The van der Waals surface area contributed by atoms with Gasteiger partial charge in [0.25, 0.3) is 0 Å². The van der Waals surface area contributed by atoms with Crippen molar-refractivity contribution in [3.05, 3.63) is 0 Å². The van der Waals surface area contributed by atoms with Crippen LogP contribution in [-0.2, 0) is 14.2 Å². The van der Waals surface area contributed by atoms with Gasteiger partial charge in [-0.25, -0.2) is 0 Å². The lowest BCUT2D eigenvalue weighted by atomic mass is 9.98. The monoisotopic (exact) mass is 312 g/mol. The number of ether oxygens (including phenoxy) is 3. The summed E-state index contributed by atoms with van der Waals surface area (Å²) in [5.41, 5.74) is 0. The summed E-state index contributed by atoms with van der Waals surface area (Å²) >= 11 is 0. The highest BCUT2D eigenvalue weighted by Crippen LogP contribution is 2.26. The lowest BCUT2D eigenvalue weighted by Gasteiger charge is -2.43. The quantitative estimate of drug-likeness (QED) is 0.268. The van der Waals surface area contributed by atoms with Crippen molar-refractivity contribution in [2.45, 2.75) is 55.3 Å². The maximum atomic E-state index is 9.87. The van der Waals surface area contributed by atoms with Gasteiger partial charge in [-0.2, -0.15) is 0 Å². The maximum absolute atomic E-state index is 9.87. The smallest absolute Gasteiger partial charge is 0.186 e. The maximum Gasteiger partial charge on any atom is 0.186 e. The van der Waals surface area contributed by atoms with Crippen LogP contribution in [-0.4, -0.2) is 104 Å². The highest BCUT2D eigenvalue weighted by molar-refractivity contribution is 4.91. The minimum Gasteiger partial charge on any atom is -0.394 e. The summed E-state index contributed by atoms with van der Waals surface area (Å²) in [5, 5.41) is 66.5. The molecule has 124 valence electrons. The van der Waals surface area contributed by atoms with Crippen LogP contribution < -0.4 is 0 Å². The van der Waals surface area contributed by atoms with E-state index in [9.17, 15) is 35.7 Å². The third kappa shape index (κ3) is 3.35. The summed E-state index contributed by atoms with van der Waals surface area (Å²) in [6.45, 7) is -0.930. The summed E-state index contributed by atoms with van der Waals surface area (Å²) < 4.78 is 15.1. The van der Waals surface area contributed by atoms with E-state index in [4.69, 9.17) is 14.2 Å². The molecule has 2 rings (SSSR count). The van der Waals surface area contributed by atoms with Crippen molar-refractivity contribution in [2.75, 3.05) is 13.2 Å². The molecule has 0 radical (unpaired) electrons. The first-order valence-electron chi connectivity index (χ1n) is 6.48. The molecule has 0 unspecified atom stereocenters. The highest BCUT2D eigenvalue weighted by atomic mass is 16.7. The third-order valence-electron chi connectivity index (χ3n) is 3.58. The molecule has 0 aromatic carbocycles. The Morgan fingerprint density at radius 1 is 0.905 bits per heavy atom. The fourth-order valence-electron chi connectivity index (χ4n) is 2.29. The molecule has 0 saturated carbocycles. The molecule has 2 aliphatic heterocycles. The second kappa shape index (κ2) is 6.79. The van der Waals surface area contributed by atoms with E-state index in [1.165, 1.54) is 0 Å². The van der Waals surface area contributed by atoms with Gasteiger partial charge in [-0.15, -0.1) is 0 Å². The molecule has 0 amide bonds. The molecule has 0 aliphatic carbocycles. The average molecular weight is 312 g/mol. The molecule has 0 aromatic rings. The molecule has 0 spiro atoms. The molecule has 0 bridgehead atoms. The Morgan fingerprint density at radius 2 is 1.57 bits per heavy atom. The minimum absolute atomic E-state index is 0.304. The molecule has 2 heterocycles. The van der Waals surface area contributed by atoms with Crippen LogP contribution in [0.25, 0.3) is 0 Å². The molecule has 21 heavy (non-hydrogen) atoms. The second-order valence-corrected chi connectivity index (χ2v) is 5.08. The summed E-state index contributed by atoms with van der Waals surface area (Å²) in [6.07, 6.45) is -13.2. The molecule has 7 N–H and O–H groups in total. The fraction of sp³-hybridized carbons (Fsp3) is 1.00. The fourth-order valence-corrected chi connectivity index (χ4v) is 2.29. The van der Waals surface area contributed by atoms with Crippen molar-refractivity contribution < 1.29 is 50.0 Å². The van der Waals surface area contributed by atoms with E-state index in [1.807, 2.05) is 0 Å². The summed E-state index contributed by atoms with van der Waals surface area (Å²) in [6, 6.07) is 0. The Hall–Kier alpha value is -0.400. The molecular formula is C11H20O10. The Kier molecular flexibility index (Phi) is 5.48. The van der Waals surface area contributed by atoms with E-state index in [1.54, 1.807) is 0 Å². The average Bonchev–Trinajstić information content (AvgIpc) is 2.47. The Labute approximate surface area is 119 Å². The number of aliphatic hydroxyl groups is 7. The zero-order chi connectivity index (χ0) is 15.7. The van der Waals surface area contributed by atoms with Gasteiger partial charge in [0.15, 0.2) is 12.6 Å². The van der Waals surface area contributed by atoms with Crippen molar-refractivity contribution >= 4 is 0 Å². The van der Waals surface area contributed by atoms with Gasteiger partial charge in [0, 0.05) is 0 Å². The first kappa shape index (κ1) is 17.0. The van der Waals surface area contributed by atoms with Crippen LogP contribution in [0.3, 0.4) is 0 Å². The molecule has 10 heteroatoms. The SMILES string of the molecule is OC[C@H]1O[C@@H](O)[C@H](O)[C@@H](O)[C@@H]1O[C@@H]1OC[C@@H](O)[C@H](O)[C@H]1O. The van der Waals surface area contributed by atoms with E-state index in [2.05, 4.69) is 0 Å². The molecule has 2 fully saturated rings. The zero-order valence-electron chi connectivity index (χ0n) is 11.0. The number of hydrogen-bond donors (Lipinski definition) is 7. The van der Waals surface area contributed by atoms with Crippen molar-refractivity contribution in [2.24, 2.45) is 0 Å². The van der Waals surface area contributed by atoms with Gasteiger partial charge >= 0.3 is 0 Å². The van der Waals surface area contributed by atoms with Crippen molar-refractivity contribution in [1.82, 2.24) is 0 Å². The van der Waals surface area contributed by atoms with Crippen molar-refractivity contribution in [1.29, 1.82) is 0 Å². The van der Waals surface area contributed by atoms with Crippen LogP contribution in [0.15, 0.2) is 0 Å². The largest absolute Gasteiger partial charge is 0.394 e. The van der Waals surface area contributed by atoms with E-state index in [0.29, 0.717) is 0 Å². The molecule has 2 aliphatic rings. The molecule has 9 atom stereocenters. The Morgan fingerprint density at radius 3 is 2.19 bits per heavy atom. The zero-order valence-corrected chi connectivity index (χ0v) is 11.0. The summed E-state index contributed by atoms with van der Waals surface area (Å²) in [4.78, 5) is 0. The van der Waals surface area contributed by atoms with Crippen LogP contribution in [0.5, 0.6) is 0 Å². The van der Waals surface area contributed by atoms with Crippen LogP contribution in [0.4, 0.5) is 0 Å². The highest BCUT2D eigenvalue weighted by Gasteiger charge is 2.48. The van der Waals surface area contributed by atoms with Gasteiger partial charge in [0.2, 0.25) is 0 Å². The summed E-state index contributed by atoms with van der Waals surface area (Å²) in [7, 11) is 0. The van der Waals surface area contributed by atoms with Gasteiger partial charge in [0.1, 0.15) is 42.7 Å². The van der Waals surface area contributed by atoms with Gasteiger partial charge in [0.05, 0.1) is 13.2 Å². The third-order valence-corrected chi connectivity index (χ3v) is 3.58. The van der Waals surface area contributed by atoms with Gasteiger partial charge in [-0.1, -0.05) is 0 Å². The summed E-state index contributed by atoms with van der Waals surface area (Å²) in [5.74, 6) is 0. The lowest BCUT2D eigenvalue weighted by molar-refractivity contribution is -0.342. The van der Waals surface area contributed by atoms with E-state index in [0.717, 1.165) is 0 Å². The molecular weight excluding hydrogens is 292 g/mol. The molecule has 2 saturated heterocycles. The molecule has 0 aromatic heterocycles. The van der Waals surface area contributed by atoms with E-state index in [-0.39, 0.29) is 6.61 Å². The van der Waals surface area contributed by atoms with Gasteiger partial charge < -0.3 is 50.0 Å². The van der Waals surface area contributed by atoms with E-state index < -0.39 is 61.9 Å². The second-order valence-electron chi connectivity index (χ2n) is 5.08. The van der Waals surface area contributed by atoms with Crippen LogP contribution >= 0.6 is 0 Å². The lowest BCUT2D eigenvalue weighted by Crippen LogP contribution is -2.62. The van der Waals surface area contributed by atoms with Crippen LogP contribution in [0.1, 0.15) is 0 Å². The van der Waals surface area contributed by atoms with Crippen molar-refractivity contribution in [3.63, 3.8) is 0 Å². The Bertz CT molecular complexity index is 339. The minimum atomic E-state index is -1.69. The van der Waals surface area contributed by atoms with Crippen LogP contribution in [0, 0.1) is 0 Å². The predicted octanol–water partition coefficient (Wildman–Crippen LogP) is -4.76. The van der Waals surface area contributed by atoms with Gasteiger partial charge in [-0.3, -0.25) is 0 Å². The molecule has 10 nitrogen and oxygen atoms in total. The van der Waals surface area contributed by atoms with Crippen LogP contribution in [0.2, 0.25) is 0 Å². The number of rotatable bonds is 3. The van der Waals surface area contributed by atoms with E-state index >= 15 is 0 Å². The first-order chi connectivity index (χ1) is 9.86. The topological polar surface area (TPSA) is 169 Å². The van der Waals surface area contributed by atoms with Gasteiger partial charge in [-0.05, 0) is 0 Å². The van der Waals surface area contributed by atoms with Crippen molar-refractivity contribution in [3.8, 4) is 0 Å². The predicted molar refractivity (Wildman–Crippen MR) is 62.6 cm³/mol. The Balaban J connectivity index is 2.05.